The van der Waals surface area contributed by atoms with Gasteiger partial charge in [0.1, 0.15) is 0 Å². The van der Waals surface area contributed by atoms with E-state index in [1.54, 1.807) is 0 Å². The summed E-state index contributed by atoms with van der Waals surface area (Å²) in [5.41, 5.74) is 5.85. The van der Waals surface area contributed by atoms with Gasteiger partial charge >= 0.3 is 0 Å². The molecule has 0 spiro atoms. The molecular formula is C10H23N. The van der Waals surface area contributed by atoms with Gasteiger partial charge in [0.05, 0.1) is 0 Å². The molecule has 0 saturated carbocycles. The van der Waals surface area contributed by atoms with Crippen molar-refractivity contribution >= 4 is 0 Å². The van der Waals surface area contributed by atoms with E-state index in [4.69, 9.17) is 5.73 Å². The Labute approximate surface area is 71.7 Å². The molecule has 1 nitrogen and oxygen atoms in total. The summed E-state index contributed by atoms with van der Waals surface area (Å²) in [7, 11) is 0. The number of hydrogen-bond donors (Lipinski definition) is 1. The highest BCUT2D eigenvalue weighted by Crippen LogP contribution is 2.02. The van der Waals surface area contributed by atoms with Crippen molar-refractivity contribution in [3.8, 4) is 0 Å². The van der Waals surface area contributed by atoms with Gasteiger partial charge in [0.25, 0.3) is 0 Å². The zero-order valence-corrected chi connectivity index (χ0v) is 8.48. The van der Waals surface area contributed by atoms with Crippen molar-refractivity contribution in [1.29, 1.82) is 0 Å². The second kappa shape index (κ2) is 9.54. The smallest absolute Gasteiger partial charge is 0.000466 e. The number of nitrogens with two attached hydrogens (primary N) is 1. The third-order valence-electron chi connectivity index (χ3n) is 1.85. The van der Waals surface area contributed by atoms with E-state index in [-0.39, 0.29) is 0 Å². The Bertz CT molecular complexity index is 82.9. The first kappa shape index (κ1) is 13.2. The SMILES string of the molecule is C=C(N)CC.CCC(C)CC. The second-order valence-corrected chi connectivity index (χ2v) is 2.93. The Hall–Kier alpha value is -0.460. The molecule has 0 unspecified atom stereocenters. The predicted molar refractivity (Wildman–Crippen MR) is 53.4 cm³/mol. The average molecular weight is 157 g/mol. The van der Waals surface area contributed by atoms with Gasteiger partial charge in [-0.1, -0.05) is 47.1 Å². The summed E-state index contributed by atoms with van der Waals surface area (Å²) in [4.78, 5) is 0. The minimum absolute atomic E-state index is 0.755. The normalized spacial score (nSPS) is 8.82. The minimum Gasteiger partial charge on any atom is -0.403 e. The lowest BCUT2D eigenvalue weighted by Crippen LogP contribution is -1.89. The summed E-state index contributed by atoms with van der Waals surface area (Å²) in [6, 6.07) is 0. The molecule has 11 heavy (non-hydrogen) atoms. The van der Waals surface area contributed by atoms with E-state index in [2.05, 4.69) is 27.4 Å². The molecule has 0 fully saturated rings. The summed E-state index contributed by atoms with van der Waals surface area (Å²) in [6.07, 6.45) is 3.55. The van der Waals surface area contributed by atoms with E-state index >= 15 is 0 Å². The van der Waals surface area contributed by atoms with E-state index in [0.29, 0.717) is 0 Å². The lowest BCUT2D eigenvalue weighted by molar-refractivity contribution is 0.544. The Morgan fingerprint density at radius 2 is 1.55 bits per heavy atom. The van der Waals surface area contributed by atoms with E-state index in [1.165, 1.54) is 12.8 Å². The molecule has 0 aromatic carbocycles. The summed E-state index contributed by atoms with van der Waals surface area (Å²) >= 11 is 0. The quantitative estimate of drug-likeness (QED) is 0.668. The largest absolute Gasteiger partial charge is 0.403 e. The maximum Gasteiger partial charge on any atom is 0.000466 e. The van der Waals surface area contributed by atoms with Crippen LogP contribution in [0.3, 0.4) is 0 Å². The third-order valence-corrected chi connectivity index (χ3v) is 1.85. The van der Waals surface area contributed by atoms with Crippen LogP contribution in [-0.2, 0) is 0 Å². The lowest BCUT2D eigenvalue weighted by Gasteiger charge is -1.98. The van der Waals surface area contributed by atoms with Crippen molar-refractivity contribution in [3.05, 3.63) is 12.3 Å². The molecular weight excluding hydrogens is 134 g/mol. The van der Waals surface area contributed by atoms with Crippen molar-refractivity contribution < 1.29 is 0 Å². The van der Waals surface area contributed by atoms with Gasteiger partial charge in [-0.3, -0.25) is 0 Å². The summed E-state index contributed by atoms with van der Waals surface area (Å²) in [6.45, 7) is 12.2. The zero-order chi connectivity index (χ0) is 9.28. The molecule has 0 bridgehead atoms. The first-order valence-electron chi connectivity index (χ1n) is 4.51. The highest BCUT2D eigenvalue weighted by atomic mass is 14.5. The van der Waals surface area contributed by atoms with E-state index in [9.17, 15) is 0 Å². The van der Waals surface area contributed by atoms with Crippen LogP contribution in [0.5, 0.6) is 0 Å². The highest BCUT2D eigenvalue weighted by molar-refractivity contribution is 4.82. The minimum atomic E-state index is 0.755. The van der Waals surface area contributed by atoms with Gasteiger partial charge < -0.3 is 5.73 Å². The summed E-state index contributed by atoms with van der Waals surface area (Å²) in [5, 5.41) is 0. The fraction of sp³-hybridized carbons (Fsp3) is 0.800. The van der Waals surface area contributed by atoms with Crippen LogP contribution in [0.2, 0.25) is 0 Å². The summed E-state index contributed by atoms with van der Waals surface area (Å²) < 4.78 is 0. The van der Waals surface area contributed by atoms with Crippen LogP contribution in [0.15, 0.2) is 12.3 Å². The molecule has 2 N–H and O–H groups in total. The first-order chi connectivity index (χ1) is 5.08. The van der Waals surface area contributed by atoms with Crippen molar-refractivity contribution in [2.45, 2.75) is 47.0 Å². The highest BCUT2D eigenvalue weighted by Gasteiger charge is 1.88. The van der Waals surface area contributed by atoms with Gasteiger partial charge in [0.15, 0.2) is 0 Å². The van der Waals surface area contributed by atoms with Gasteiger partial charge in [0.2, 0.25) is 0 Å². The zero-order valence-electron chi connectivity index (χ0n) is 8.48. The molecule has 68 valence electrons. The van der Waals surface area contributed by atoms with Crippen LogP contribution in [0.1, 0.15) is 47.0 Å². The van der Waals surface area contributed by atoms with Crippen LogP contribution >= 0.6 is 0 Å². The predicted octanol–water partition coefficient (Wildman–Crippen LogP) is 3.31. The molecule has 0 rings (SSSR count). The van der Waals surface area contributed by atoms with Gasteiger partial charge in [-0.15, -0.1) is 0 Å². The van der Waals surface area contributed by atoms with E-state index in [1.807, 2.05) is 6.92 Å². The Morgan fingerprint density at radius 3 is 1.55 bits per heavy atom. The standard InChI is InChI=1S/C6H14.C4H9N/c1-4-6(3)5-2;1-3-4(2)5/h6H,4-5H2,1-3H3;2-3,5H2,1H3. The van der Waals surface area contributed by atoms with Gasteiger partial charge in [-0.25, -0.2) is 0 Å². The average Bonchev–Trinajstić information content (AvgIpc) is 2.04. The van der Waals surface area contributed by atoms with Gasteiger partial charge in [-0.05, 0) is 12.3 Å². The molecule has 0 aromatic heterocycles. The maximum atomic E-state index is 5.10. The molecule has 0 aromatic rings. The second-order valence-electron chi connectivity index (χ2n) is 2.93. The third kappa shape index (κ3) is 17.7. The van der Waals surface area contributed by atoms with E-state index in [0.717, 1.165) is 18.0 Å². The molecule has 0 amide bonds. The monoisotopic (exact) mass is 157 g/mol. The Kier molecular flexibility index (Phi) is 11.4. The van der Waals surface area contributed by atoms with Crippen molar-refractivity contribution in [3.63, 3.8) is 0 Å². The number of hydrogen-bond acceptors (Lipinski definition) is 1. The first-order valence-corrected chi connectivity index (χ1v) is 4.51. The summed E-state index contributed by atoms with van der Waals surface area (Å²) in [5.74, 6) is 0.935. The van der Waals surface area contributed by atoms with Crippen molar-refractivity contribution in [2.24, 2.45) is 11.7 Å². The van der Waals surface area contributed by atoms with E-state index < -0.39 is 0 Å². The van der Waals surface area contributed by atoms with Gasteiger partial charge in [0, 0.05) is 5.70 Å². The molecule has 1 heteroatoms. The molecule has 0 radical (unpaired) electrons. The van der Waals surface area contributed by atoms with Crippen molar-refractivity contribution in [1.82, 2.24) is 0 Å². The number of rotatable bonds is 3. The molecule has 0 aliphatic carbocycles. The van der Waals surface area contributed by atoms with Gasteiger partial charge in [-0.2, -0.15) is 0 Å². The van der Waals surface area contributed by atoms with Crippen LogP contribution in [0, 0.1) is 5.92 Å². The van der Waals surface area contributed by atoms with Crippen LogP contribution in [0.4, 0.5) is 0 Å². The maximum absolute atomic E-state index is 5.10. The van der Waals surface area contributed by atoms with Crippen LogP contribution in [-0.4, -0.2) is 0 Å². The van der Waals surface area contributed by atoms with Crippen LogP contribution in [0.25, 0.3) is 0 Å². The molecule has 0 aliphatic heterocycles. The Balaban J connectivity index is 0. The Morgan fingerprint density at radius 1 is 1.27 bits per heavy atom. The topological polar surface area (TPSA) is 26.0 Å². The fourth-order valence-corrected chi connectivity index (χ4v) is 0.289. The van der Waals surface area contributed by atoms with Crippen molar-refractivity contribution in [2.75, 3.05) is 0 Å². The molecule has 0 atom stereocenters. The van der Waals surface area contributed by atoms with Crippen LogP contribution < -0.4 is 5.73 Å². The number of allylic oxidation sites excluding steroid dienone is 1. The molecule has 0 aliphatic rings. The fourth-order valence-electron chi connectivity index (χ4n) is 0.289. The molecule has 0 heterocycles. The lowest BCUT2D eigenvalue weighted by atomic mass is 10.1. The molecule has 0 saturated heterocycles.